The van der Waals surface area contributed by atoms with Crippen molar-refractivity contribution >= 4 is 27.4 Å². The minimum absolute atomic E-state index is 0.0762. The van der Waals surface area contributed by atoms with Crippen LogP contribution in [0.1, 0.15) is 37.7 Å². The molecule has 118 valence electrons. The molecule has 22 heavy (non-hydrogen) atoms. The van der Waals surface area contributed by atoms with E-state index in [4.69, 9.17) is 4.74 Å². The van der Waals surface area contributed by atoms with Gasteiger partial charge in [0.05, 0.1) is 13.0 Å². The van der Waals surface area contributed by atoms with E-state index in [1.807, 2.05) is 18.3 Å². The number of carbonyl (C=O) groups is 1. The Kier molecular flexibility index (Phi) is 5.11. The van der Waals surface area contributed by atoms with Crippen molar-refractivity contribution < 1.29 is 9.53 Å². The van der Waals surface area contributed by atoms with Crippen LogP contribution in [0.5, 0.6) is 0 Å². The molecular weight excluding hydrogens is 294 g/mol. The lowest BCUT2D eigenvalue weighted by Crippen LogP contribution is -2.34. The van der Waals surface area contributed by atoms with Gasteiger partial charge in [-0.3, -0.25) is 4.79 Å². The SMILES string of the molecule is CCOC(=O)CCN1CCC(c2cccc3sccc23)CC1. The Morgan fingerprint density at radius 1 is 1.32 bits per heavy atom. The van der Waals surface area contributed by atoms with Gasteiger partial charge >= 0.3 is 5.97 Å². The molecule has 0 spiro atoms. The van der Waals surface area contributed by atoms with Crippen molar-refractivity contribution in [1.29, 1.82) is 0 Å². The van der Waals surface area contributed by atoms with E-state index < -0.39 is 0 Å². The molecule has 0 aliphatic carbocycles. The predicted molar refractivity (Wildman–Crippen MR) is 91.5 cm³/mol. The lowest BCUT2D eigenvalue weighted by atomic mass is 9.87. The molecule has 0 amide bonds. The maximum atomic E-state index is 11.4. The number of esters is 1. The third kappa shape index (κ3) is 3.50. The number of hydrogen-bond acceptors (Lipinski definition) is 4. The van der Waals surface area contributed by atoms with E-state index in [-0.39, 0.29) is 5.97 Å². The number of thiophene rings is 1. The highest BCUT2D eigenvalue weighted by molar-refractivity contribution is 7.17. The van der Waals surface area contributed by atoms with Crippen LogP contribution >= 0.6 is 11.3 Å². The summed E-state index contributed by atoms with van der Waals surface area (Å²) in [6, 6.07) is 8.93. The second kappa shape index (κ2) is 7.25. The van der Waals surface area contributed by atoms with Crippen molar-refractivity contribution in [1.82, 2.24) is 4.90 Å². The molecule has 0 bridgehead atoms. The van der Waals surface area contributed by atoms with Crippen LogP contribution in [0.3, 0.4) is 0 Å². The molecule has 1 saturated heterocycles. The lowest BCUT2D eigenvalue weighted by molar-refractivity contribution is -0.143. The molecule has 3 rings (SSSR count). The van der Waals surface area contributed by atoms with Crippen molar-refractivity contribution in [2.24, 2.45) is 0 Å². The number of ether oxygens (including phenoxy) is 1. The first-order chi connectivity index (χ1) is 10.8. The third-order valence-electron chi connectivity index (χ3n) is 4.49. The maximum absolute atomic E-state index is 11.4. The van der Waals surface area contributed by atoms with Crippen LogP contribution in [0.25, 0.3) is 10.1 Å². The second-order valence-electron chi connectivity index (χ2n) is 5.85. The van der Waals surface area contributed by atoms with Gasteiger partial charge in [-0.1, -0.05) is 12.1 Å². The van der Waals surface area contributed by atoms with Gasteiger partial charge in [-0.15, -0.1) is 11.3 Å². The first-order valence-corrected chi connectivity index (χ1v) is 9.00. The first-order valence-electron chi connectivity index (χ1n) is 8.12. The average Bonchev–Trinajstić information content (AvgIpc) is 3.02. The van der Waals surface area contributed by atoms with Crippen LogP contribution < -0.4 is 0 Å². The molecule has 2 aromatic rings. The van der Waals surface area contributed by atoms with Gasteiger partial charge in [-0.05, 0) is 67.2 Å². The van der Waals surface area contributed by atoms with Crippen molar-refractivity contribution in [3.63, 3.8) is 0 Å². The Labute approximate surface area is 135 Å². The van der Waals surface area contributed by atoms with E-state index >= 15 is 0 Å². The van der Waals surface area contributed by atoms with E-state index in [1.165, 1.54) is 28.5 Å². The van der Waals surface area contributed by atoms with E-state index in [9.17, 15) is 4.79 Å². The Balaban J connectivity index is 1.56. The summed E-state index contributed by atoms with van der Waals surface area (Å²) in [4.78, 5) is 13.8. The van der Waals surface area contributed by atoms with Gasteiger partial charge in [0.15, 0.2) is 0 Å². The molecular formula is C18H23NO2S. The van der Waals surface area contributed by atoms with E-state index in [0.717, 1.165) is 19.6 Å². The molecule has 1 aromatic carbocycles. The Morgan fingerprint density at radius 3 is 2.91 bits per heavy atom. The van der Waals surface area contributed by atoms with Crippen molar-refractivity contribution in [3.05, 3.63) is 35.2 Å². The van der Waals surface area contributed by atoms with Gasteiger partial charge in [0.25, 0.3) is 0 Å². The number of carbonyl (C=O) groups excluding carboxylic acids is 1. The average molecular weight is 317 g/mol. The minimum atomic E-state index is -0.0762. The Morgan fingerprint density at radius 2 is 2.14 bits per heavy atom. The van der Waals surface area contributed by atoms with Gasteiger partial charge in [0.2, 0.25) is 0 Å². The van der Waals surface area contributed by atoms with Crippen LogP contribution in [0.4, 0.5) is 0 Å². The molecule has 1 aliphatic rings. The number of likely N-dealkylation sites (tertiary alicyclic amines) is 1. The molecule has 2 heterocycles. The highest BCUT2D eigenvalue weighted by Crippen LogP contribution is 2.34. The lowest BCUT2D eigenvalue weighted by Gasteiger charge is -2.32. The molecule has 1 aromatic heterocycles. The number of piperidine rings is 1. The zero-order chi connectivity index (χ0) is 15.4. The van der Waals surface area contributed by atoms with Gasteiger partial charge < -0.3 is 9.64 Å². The van der Waals surface area contributed by atoms with E-state index in [2.05, 4.69) is 34.5 Å². The smallest absolute Gasteiger partial charge is 0.307 e. The fourth-order valence-electron chi connectivity index (χ4n) is 3.32. The summed E-state index contributed by atoms with van der Waals surface area (Å²) in [5, 5.41) is 3.61. The Bertz CT molecular complexity index is 629. The van der Waals surface area contributed by atoms with Gasteiger partial charge in [0, 0.05) is 11.2 Å². The maximum Gasteiger partial charge on any atom is 0.307 e. The summed E-state index contributed by atoms with van der Waals surface area (Å²) in [5.74, 6) is 0.574. The van der Waals surface area contributed by atoms with Crippen molar-refractivity contribution in [2.45, 2.75) is 32.1 Å². The number of rotatable bonds is 5. The molecule has 0 saturated carbocycles. The van der Waals surface area contributed by atoms with Crippen LogP contribution in [0, 0.1) is 0 Å². The summed E-state index contributed by atoms with van der Waals surface area (Å²) in [6.45, 7) is 5.31. The third-order valence-corrected chi connectivity index (χ3v) is 5.38. The van der Waals surface area contributed by atoms with E-state index in [1.54, 1.807) is 0 Å². The van der Waals surface area contributed by atoms with Crippen LogP contribution in [0.15, 0.2) is 29.6 Å². The second-order valence-corrected chi connectivity index (χ2v) is 6.80. The number of benzene rings is 1. The minimum Gasteiger partial charge on any atom is -0.466 e. The molecule has 1 fully saturated rings. The molecule has 0 unspecified atom stereocenters. The highest BCUT2D eigenvalue weighted by atomic mass is 32.1. The molecule has 0 atom stereocenters. The molecule has 0 N–H and O–H groups in total. The largest absolute Gasteiger partial charge is 0.466 e. The zero-order valence-corrected chi connectivity index (χ0v) is 13.9. The molecule has 4 heteroatoms. The number of fused-ring (bicyclic) bond motifs is 1. The topological polar surface area (TPSA) is 29.5 Å². The highest BCUT2D eigenvalue weighted by Gasteiger charge is 2.22. The summed E-state index contributed by atoms with van der Waals surface area (Å²) in [5.41, 5.74) is 1.50. The molecule has 0 radical (unpaired) electrons. The van der Waals surface area contributed by atoms with E-state index in [0.29, 0.717) is 18.9 Å². The number of nitrogens with zero attached hydrogens (tertiary/aromatic N) is 1. The standard InChI is InChI=1S/C18H23NO2S/c1-2-21-18(20)8-12-19-10-6-14(7-11-19)15-4-3-5-17-16(15)9-13-22-17/h3-5,9,13-14H,2,6-8,10-12H2,1H3. The van der Waals surface area contributed by atoms with Crippen LogP contribution in [-0.2, 0) is 9.53 Å². The van der Waals surface area contributed by atoms with Crippen molar-refractivity contribution in [2.75, 3.05) is 26.2 Å². The Hall–Kier alpha value is -1.39. The zero-order valence-electron chi connectivity index (χ0n) is 13.1. The number of hydrogen-bond donors (Lipinski definition) is 0. The van der Waals surface area contributed by atoms with Crippen LogP contribution in [-0.4, -0.2) is 37.1 Å². The monoisotopic (exact) mass is 317 g/mol. The molecule has 3 nitrogen and oxygen atoms in total. The van der Waals surface area contributed by atoms with Gasteiger partial charge in [-0.25, -0.2) is 0 Å². The van der Waals surface area contributed by atoms with Crippen molar-refractivity contribution in [3.8, 4) is 0 Å². The summed E-state index contributed by atoms with van der Waals surface area (Å²) < 4.78 is 6.39. The normalized spacial score (nSPS) is 17.0. The fraction of sp³-hybridized carbons (Fsp3) is 0.500. The summed E-state index contributed by atoms with van der Waals surface area (Å²) >= 11 is 1.82. The predicted octanol–water partition coefficient (Wildman–Crippen LogP) is 4.03. The van der Waals surface area contributed by atoms with Gasteiger partial charge in [-0.2, -0.15) is 0 Å². The summed E-state index contributed by atoms with van der Waals surface area (Å²) in [6.07, 6.45) is 2.87. The first kappa shape index (κ1) is 15.5. The fourth-order valence-corrected chi connectivity index (χ4v) is 4.14. The van der Waals surface area contributed by atoms with Gasteiger partial charge in [0.1, 0.15) is 0 Å². The van der Waals surface area contributed by atoms with Crippen LogP contribution in [0.2, 0.25) is 0 Å². The molecule has 1 aliphatic heterocycles. The quantitative estimate of drug-likeness (QED) is 0.780. The summed E-state index contributed by atoms with van der Waals surface area (Å²) in [7, 11) is 0.